The molecule has 0 aliphatic rings. The zero-order valence-electron chi connectivity index (χ0n) is 20.9. The molecule has 8 heteroatoms. The summed E-state index contributed by atoms with van der Waals surface area (Å²) in [7, 11) is 3.17. The van der Waals surface area contributed by atoms with Gasteiger partial charge in [0.05, 0.1) is 19.8 Å². The number of aromatic amines is 1. The average molecular weight is 459 g/mol. The molecule has 0 radical (unpaired) electrons. The second-order valence-electron chi connectivity index (χ2n) is 9.00. The van der Waals surface area contributed by atoms with Crippen molar-refractivity contribution in [2.45, 2.75) is 53.5 Å². The summed E-state index contributed by atoms with van der Waals surface area (Å²) in [6, 6.07) is 6.99. The van der Waals surface area contributed by atoms with Crippen molar-refractivity contribution in [2.75, 3.05) is 27.3 Å². The van der Waals surface area contributed by atoms with Crippen molar-refractivity contribution in [3.05, 3.63) is 30.0 Å². The molecule has 2 amide bonds. The Labute approximate surface area is 197 Å². The summed E-state index contributed by atoms with van der Waals surface area (Å²) >= 11 is 0. The second kappa shape index (κ2) is 12.3. The van der Waals surface area contributed by atoms with Gasteiger partial charge < -0.3 is 19.7 Å². The number of rotatable bonds is 12. The highest BCUT2D eigenvalue weighted by Gasteiger charge is 2.29. The Balaban J connectivity index is 2.42. The van der Waals surface area contributed by atoms with Gasteiger partial charge in [0.25, 0.3) is 5.91 Å². The Hall–Kier alpha value is -3.03. The quantitative estimate of drug-likeness (QED) is 0.498. The van der Waals surface area contributed by atoms with Gasteiger partial charge in [0.2, 0.25) is 5.91 Å². The minimum absolute atomic E-state index is 0.0474. The Kier molecular flexibility index (Phi) is 9.75. The van der Waals surface area contributed by atoms with Gasteiger partial charge in [-0.1, -0.05) is 33.8 Å². The maximum atomic E-state index is 13.7. The predicted octanol–water partition coefficient (Wildman–Crippen LogP) is 4.13. The minimum Gasteiger partial charge on any atom is -0.496 e. The highest BCUT2D eigenvalue weighted by atomic mass is 16.5. The standard InChI is InChI=1S/C25H38N4O4/c1-8-26-23(30)13-18(12-16(2)3)29(15-17(4)5)25(31)20-14-19(27-28-20)24-21(32-6)10-9-11-22(24)33-7/h9-11,14,16-18H,8,12-13,15H2,1-7H3,(H,26,30)(H,27,28)/t18-/m0/s1. The number of H-pyrrole nitrogens is 1. The van der Waals surface area contributed by atoms with Crippen LogP contribution in [0.15, 0.2) is 24.3 Å². The Bertz CT molecular complexity index is 901. The first-order valence-corrected chi connectivity index (χ1v) is 11.6. The van der Waals surface area contributed by atoms with E-state index >= 15 is 0 Å². The van der Waals surface area contributed by atoms with Gasteiger partial charge >= 0.3 is 0 Å². The van der Waals surface area contributed by atoms with Gasteiger partial charge in [-0.2, -0.15) is 5.10 Å². The van der Waals surface area contributed by atoms with Crippen LogP contribution in [-0.4, -0.2) is 60.3 Å². The molecule has 0 saturated heterocycles. The number of hydrogen-bond donors (Lipinski definition) is 2. The molecular weight excluding hydrogens is 420 g/mol. The molecule has 0 aliphatic heterocycles. The topological polar surface area (TPSA) is 96.6 Å². The summed E-state index contributed by atoms with van der Waals surface area (Å²) < 4.78 is 11.0. The van der Waals surface area contributed by atoms with Gasteiger partial charge in [0, 0.05) is 25.6 Å². The summed E-state index contributed by atoms with van der Waals surface area (Å²) in [5, 5.41) is 10.1. The number of ether oxygens (including phenoxy) is 2. The Morgan fingerprint density at radius 2 is 1.73 bits per heavy atom. The minimum atomic E-state index is -0.209. The third-order valence-electron chi connectivity index (χ3n) is 5.29. The zero-order valence-corrected chi connectivity index (χ0v) is 20.9. The number of nitrogens with one attached hydrogen (secondary N) is 2. The smallest absolute Gasteiger partial charge is 0.272 e. The molecule has 1 heterocycles. The summed E-state index contributed by atoms with van der Waals surface area (Å²) in [5.41, 5.74) is 1.60. The van der Waals surface area contributed by atoms with Crippen molar-refractivity contribution in [2.24, 2.45) is 11.8 Å². The van der Waals surface area contributed by atoms with Gasteiger partial charge in [0.15, 0.2) is 0 Å². The number of methoxy groups -OCH3 is 2. The molecule has 0 unspecified atom stereocenters. The highest BCUT2D eigenvalue weighted by Crippen LogP contribution is 2.37. The summed E-state index contributed by atoms with van der Waals surface area (Å²) in [4.78, 5) is 27.9. The fourth-order valence-electron chi connectivity index (χ4n) is 3.96. The normalized spacial score (nSPS) is 12.0. The molecule has 0 fully saturated rings. The SMILES string of the molecule is CCNC(=O)C[C@H](CC(C)C)N(CC(C)C)C(=O)c1cc(-c2c(OC)cccc2OC)n[nH]1. The average Bonchev–Trinajstić information content (AvgIpc) is 3.25. The van der Waals surface area contributed by atoms with Gasteiger partial charge in [-0.15, -0.1) is 0 Å². The highest BCUT2D eigenvalue weighted by molar-refractivity contribution is 5.94. The predicted molar refractivity (Wildman–Crippen MR) is 130 cm³/mol. The van der Waals surface area contributed by atoms with E-state index < -0.39 is 0 Å². The van der Waals surface area contributed by atoms with E-state index in [0.717, 1.165) is 6.42 Å². The first-order valence-electron chi connectivity index (χ1n) is 11.6. The molecule has 1 aromatic heterocycles. The van der Waals surface area contributed by atoms with Crippen LogP contribution in [0.1, 0.15) is 57.9 Å². The van der Waals surface area contributed by atoms with Crippen molar-refractivity contribution in [1.29, 1.82) is 0 Å². The molecule has 33 heavy (non-hydrogen) atoms. The third kappa shape index (κ3) is 6.97. The molecule has 1 atom stereocenters. The summed E-state index contributed by atoms with van der Waals surface area (Å²) in [6.45, 7) is 11.3. The molecule has 182 valence electrons. The molecule has 0 aliphatic carbocycles. The third-order valence-corrected chi connectivity index (χ3v) is 5.29. The van der Waals surface area contributed by atoms with Crippen molar-refractivity contribution < 1.29 is 19.1 Å². The first kappa shape index (κ1) is 26.2. The molecule has 1 aromatic carbocycles. The number of carbonyl (C=O) groups is 2. The van der Waals surface area contributed by atoms with Crippen molar-refractivity contribution in [3.63, 3.8) is 0 Å². The van der Waals surface area contributed by atoms with Gasteiger partial charge in [0.1, 0.15) is 22.9 Å². The van der Waals surface area contributed by atoms with Crippen LogP contribution in [0.5, 0.6) is 11.5 Å². The summed E-state index contributed by atoms with van der Waals surface area (Å²) in [5.74, 6) is 1.57. The lowest BCUT2D eigenvalue weighted by Gasteiger charge is -2.33. The van der Waals surface area contributed by atoms with E-state index in [4.69, 9.17) is 9.47 Å². The molecule has 2 N–H and O–H groups in total. The molecule has 2 aromatic rings. The number of aromatic nitrogens is 2. The van der Waals surface area contributed by atoms with Crippen LogP contribution in [0.4, 0.5) is 0 Å². The van der Waals surface area contributed by atoms with E-state index in [1.807, 2.05) is 30.0 Å². The fraction of sp³-hybridized carbons (Fsp3) is 0.560. The van der Waals surface area contributed by atoms with Gasteiger partial charge in [-0.25, -0.2) is 0 Å². The monoisotopic (exact) mass is 458 g/mol. The molecular formula is C25H38N4O4. The van der Waals surface area contributed by atoms with Crippen molar-refractivity contribution >= 4 is 11.8 Å². The maximum Gasteiger partial charge on any atom is 0.272 e. The van der Waals surface area contributed by atoms with E-state index in [1.54, 1.807) is 20.3 Å². The molecule has 0 bridgehead atoms. The van der Waals surface area contributed by atoms with E-state index in [0.29, 0.717) is 47.5 Å². The number of amides is 2. The van der Waals surface area contributed by atoms with E-state index in [1.165, 1.54) is 0 Å². The zero-order chi connectivity index (χ0) is 24.5. The largest absolute Gasteiger partial charge is 0.496 e. The van der Waals surface area contributed by atoms with Crippen LogP contribution in [0.25, 0.3) is 11.3 Å². The van der Waals surface area contributed by atoms with E-state index in [-0.39, 0.29) is 30.2 Å². The van der Waals surface area contributed by atoms with Crippen LogP contribution >= 0.6 is 0 Å². The fourth-order valence-corrected chi connectivity index (χ4v) is 3.96. The molecule has 2 rings (SSSR count). The van der Waals surface area contributed by atoms with Crippen LogP contribution < -0.4 is 14.8 Å². The first-order chi connectivity index (χ1) is 15.7. The molecule has 8 nitrogen and oxygen atoms in total. The van der Waals surface area contributed by atoms with Crippen molar-refractivity contribution in [3.8, 4) is 22.8 Å². The Morgan fingerprint density at radius 3 is 2.24 bits per heavy atom. The molecule has 0 saturated carbocycles. The van der Waals surface area contributed by atoms with E-state index in [9.17, 15) is 9.59 Å². The summed E-state index contributed by atoms with van der Waals surface area (Å²) in [6.07, 6.45) is 1.00. The lowest BCUT2D eigenvalue weighted by molar-refractivity contribution is -0.122. The van der Waals surface area contributed by atoms with Crippen LogP contribution in [0.3, 0.4) is 0 Å². The van der Waals surface area contributed by atoms with Crippen molar-refractivity contribution in [1.82, 2.24) is 20.4 Å². The lowest BCUT2D eigenvalue weighted by atomic mass is 9.97. The maximum absolute atomic E-state index is 13.7. The van der Waals surface area contributed by atoms with Gasteiger partial charge in [-0.05, 0) is 43.4 Å². The number of nitrogens with zero attached hydrogens (tertiary/aromatic N) is 2. The van der Waals surface area contributed by atoms with E-state index in [2.05, 4.69) is 43.2 Å². The number of carbonyl (C=O) groups excluding carboxylic acids is 2. The van der Waals surface area contributed by atoms with Crippen LogP contribution in [0.2, 0.25) is 0 Å². The van der Waals surface area contributed by atoms with Gasteiger partial charge in [-0.3, -0.25) is 14.7 Å². The molecule has 0 spiro atoms. The Morgan fingerprint density at radius 1 is 1.09 bits per heavy atom. The number of hydrogen-bond acceptors (Lipinski definition) is 5. The lowest BCUT2D eigenvalue weighted by Crippen LogP contribution is -2.45. The second-order valence-corrected chi connectivity index (χ2v) is 9.00. The van der Waals surface area contributed by atoms with Crippen LogP contribution in [-0.2, 0) is 4.79 Å². The number of benzene rings is 1. The van der Waals surface area contributed by atoms with Crippen LogP contribution in [0, 0.1) is 11.8 Å².